The maximum atomic E-state index is 12.9. The molecule has 0 bridgehead atoms. The van der Waals surface area contributed by atoms with E-state index in [1.54, 1.807) is 0 Å². The van der Waals surface area contributed by atoms with Crippen LogP contribution in [0.5, 0.6) is 11.5 Å². The average molecular weight is 479 g/mol. The number of rotatable bonds is 8. The predicted octanol–water partition coefficient (Wildman–Crippen LogP) is 4.79. The number of nitrogens with one attached hydrogen (secondary N) is 1. The fraction of sp³-hybridized carbons (Fsp3) is 0.200. The molecule has 178 valence electrons. The van der Waals surface area contributed by atoms with Crippen LogP contribution in [0.15, 0.2) is 54.9 Å². The number of amides is 1. The number of nitro groups is 2. The van der Waals surface area contributed by atoms with E-state index in [1.165, 1.54) is 23.7 Å². The molecule has 14 heteroatoms. The molecule has 0 aliphatic rings. The van der Waals surface area contributed by atoms with Gasteiger partial charge in [0.25, 0.3) is 5.69 Å². The predicted molar refractivity (Wildman–Crippen MR) is 111 cm³/mol. The smallest absolute Gasteiger partial charge is 0.416 e. The summed E-state index contributed by atoms with van der Waals surface area (Å²) in [5.41, 5.74) is -1.70. The van der Waals surface area contributed by atoms with Gasteiger partial charge in [0.2, 0.25) is 5.91 Å². The van der Waals surface area contributed by atoms with Crippen molar-refractivity contribution in [2.45, 2.75) is 19.6 Å². The molecule has 0 aliphatic heterocycles. The zero-order chi connectivity index (χ0) is 25.0. The van der Waals surface area contributed by atoms with Crippen molar-refractivity contribution in [1.82, 2.24) is 9.78 Å². The summed E-state index contributed by atoms with van der Waals surface area (Å²) in [6.07, 6.45) is -2.42. The molecule has 2 aromatic carbocycles. The van der Waals surface area contributed by atoms with Gasteiger partial charge in [-0.25, -0.2) is 0 Å². The zero-order valence-corrected chi connectivity index (χ0v) is 17.4. The van der Waals surface area contributed by atoms with Crippen LogP contribution in [0.3, 0.4) is 0 Å². The molecule has 3 aromatic rings. The summed E-state index contributed by atoms with van der Waals surface area (Å²) in [5.74, 6) is -1.70. The average Bonchev–Trinajstić information content (AvgIpc) is 3.22. The van der Waals surface area contributed by atoms with E-state index in [4.69, 9.17) is 4.74 Å². The van der Waals surface area contributed by atoms with Crippen molar-refractivity contribution in [1.29, 1.82) is 0 Å². The first kappa shape index (κ1) is 24.2. The molecule has 1 amide bonds. The lowest BCUT2D eigenvalue weighted by atomic mass is 10.1. The monoisotopic (exact) mass is 479 g/mol. The van der Waals surface area contributed by atoms with Crippen molar-refractivity contribution in [2.75, 3.05) is 5.32 Å². The molecule has 1 N–H and O–H groups in total. The Balaban J connectivity index is 1.78. The number of anilines is 1. The van der Waals surface area contributed by atoms with Crippen LogP contribution in [0.1, 0.15) is 12.5 Å². The SMILES string of the molecule is CC(Cn1cc([N+](=O)[O-])cn1)C(=O)Nc1cc(Oc2cccc(C(F)(F)F)c2)cc([N+](=O)[O-])c1. The van der Waals surface area contributed by atoms with Crippen LogP contribution in [0, 0.1) is 26.1 Å². The highest BCUT2D eigenvalue weighted by molar-refractivity contribution is 5.92. The van der Waals surface area contributed by atoms with Crippen LogP contribution in [-0.4, -0.2) is 25.5 Å². The molecule has 0 saturated carbocycles. The number of aromatic nitrogens is 2. The Morgan fingerprint density at radius 2 is 1.82 bits per heavy atom. The lowest BCUT2D eigenvalue weighted by Gasteiger charge is -2.14. The fourth-order valence-electron chi connectivity index (χ4n) is 2.87. The molecule has 0 fully saturated rings. The summed E-state index contributed by atoms with van der Waals surface area (Å²) in [6, 6.07) is 7.24. The molecule has 0 spiro atoms. The third-order valence-electron chi connectivity index (χ3n) is 4.51. The van der Waals surface area contributed by atoms with Crippen molar-refractivity contribution < 1.29 is 32.5 Å². The molecule has 0 radical (unpaired) electrons. The Morgan fingerprint density at radius 3 is 2.44 bits per heavy atom. The molecule has 3 rings (SSSR count). The minimum absolute atomic E-state index is 0.0117. The van der Waals surface area contributed by atoms with E-state index in [9.17, 15) is 38.2 Å². The molecule has 1 atom stereocenters. The van der Waals surface area contributed by atoms with Crippen LogP contribution in [0.25, 0.3) is 0 Å². The van der Waals surface area contributed by atoms with Crippen LogP contribution in [0.2, 0.25) is 0 Å². The number of non-ortho nitro benzene ring substituents is 1. The second-order valence-electron chi connectivity index (χ2n) is 7.17. The quantitative estimate of drug-likeness (QED) is 0.362. The molecule has 0 aliphatic carbocycles. The van der Waals surface area contributed by atoms with Gasteiger partial charge in [0.1, 0.15) is 23.9 Å². The van der Waals surface area contributed by atoms with E-state index in [-0.39, 0.29) is 29.4 Å². The largest absolute Gasteiger partial charge is 0.457 e. The molecule has 1 aromatic heterocycles. The third-order valence-corrected chi connectivity index (χ3v) is 4.51. The summed E-state index contributed by atoms with van der Waals surface area (Å²) in [6.45, 7) is 1.50. The van der Waals surface area contributed by atoms with Gasteiger partial charge in [-0.3, -0.25) is 29.7 Å². The number of nitro benzene ring substituents is 1. The molecule has 1 unspecified atom stereocenters. The molecule has 34 heavy (non-hydrogen) atoms. The molecule has 0 saturated heterocycles. The van der Waals surface area contributed by atoms with Gasteiger partial charge in [0, 0.05) is 12.1 Å². The van der Waals surface area contributed by atoms with E-state index >= 15 is 0 Å². The number of ether oxygens (including phenoxy) is 1. The van der Waals surface area contributed by atoms with Crippen molar-refractivity contribution in [2.24, 2.45) is 5.92 Å². The van der Waals surface area contributed by atoms with Crippen LogP contribution < -0.4 is 10.1 Å². The summed E-state index contributed by atoms with van der Waals surface area (Å²) >= 11 is 0. The Morgan fingerprint density at radius 1 is 1.12 bits per heavy atom. The number of halogens is 3. The van der Waals surface area contributed by atoms with Crippen molar-refractivity contribution in [3.05, 3.63) is 80.7 Å². The van der Waals surface area contributed by atoms with Gasteiger partial charge in [-0.05, 0) is 18.2 Å². The zero-order valence-electron chi connectivity index (χ0n) is 17.4. The van der Waals surface area contributed by atoms with Crippen molar-refractivity contribution >= 4 is 23.0 Å². The molecular formula is C20H16F3N5O6. The topological polar surface area (TPSA) is 142 Å². The fourth-order valence-corrected chi connectivity index (χ4v) is 2.87. The maximum absolute atomic E-state index is 12.9. The first-order valence-corrected chi connectivity index (χ1v) is 9.54. The first-order valence-electron chi connectivity index (χ1n) is 9.54. The highest BCUT2D eigenvalue weighted by atomic mass is 19.4. The number of carbonyl (C=O) groups is 1. The first-order chi connectivity index (χ1) is 15.9. The standard InChI is InChI=1S/C20H16F3N5O6/c1-12(10-26-11-16(9-24-26)28(32)33)19(29)25-14-6-15(27(30)31)8-18(7-14)34-17-4-2-3-13(5-17)20(21,22)23/h2-9,11-12H,10H2,1H3,(H,25,29). The van der Waals surface area contributed by atoms with Crippen molar-refractivity contribution in [3.63, 3.8) is 0 Å². The van der Waals surface area contributed by atoms with E-state index in [0.717, 1.165) is 42.7 Å². The minimum atomic E-state index is -4.60. The summed E-state index contributed by atoms with van der Waals surface area (Å²) in [7, 11) is 0. The van der Waals surface area contributed by atoms with E-state index < -0.39 is 39.1 Å². The molecular weight excluding hydrogens is 463 g/mol. The number of alkyl halides is 3. The minimum Gasteiger partial charge on any atom is -0.457 e. The van der Waals surface area contributed by atoms with Gasteiger partial charge in [-0.2, -0.15) is 18.3 Å². The van der Waals surface area contributed by atoms with E-state index in [2.05, 4.69) is 10.4 Å². The Hall–Kier alpha value is -4.49. The van der Waals surface area contributed by atoms with E-state index in [1.807, 2.05) is 0 Å². The number of carbonyl (C=O) groups excluding carboxylic acids is 1. The summed E-state index contributed by atoms with van der Waals surface area (Å²) in [5, 5.41) is 28.3. The normalized spacial score (nSPS) is 12.1. The Labute approximate surface area is 189 Å². The van der Waals surface area contributed by atoms with Crippen LogP contribution >= 0.6 is 0 Å². The number of hydrogen-bond donors (Lipinski definition) is 1. The van der Waals surface area contributed by atoms with Gasteiger partial charge in [-0.15, -0.1) is 0 Å². The third kappa shape index (κ3) is 6.05. The van der Waals surface area contributed by atoms with Gasteiger partial charge < -0.3 is 10.1 Å². The van der Waals surface area contributed by atoms with Gasteiger partial charge in [0.05, 0.1) is 39.6 Å². The summed E-state index contributed by atoms with van der Waals surface area (Å²) < 4.78 is 45.4. The highest BCUT2D eigenvalue weighted by Crippen LogP contribution is 2.34. The maximum Gasteiger partial charge on any atom is 0.416 e. The van der Waals surface area contributed by atoms with E-state index in [0.29, 0.717) is 0 Å². The number of benzene rings is 2. The van der Waals surface area contributed by atoms with Crippen LogP contribution in [-0.2, 0) is 17.5 Å². The summed E-state index contributed by atoms with van der Waals surface area (Å²) in [4.78, 5) is 33.2. The molecule has 1 heterocycles. The number of nitrogens with zero attached hydrogens (tertiary/aromatic N) is 4. The Bertz CT molecular complexity index is 1240. The van der Waals surface area contributed by atoms with Gasteiger partial charge >= 0.3 is 11.9 Å². The van der Waals surface area contributed by atoms with Crippen LogP contribution in [0.4, 0.5) is 30.2 Å². The lowest BCUT2D eigenvalue weighted by Crippen LogP contribution is -2.24. The van der Waals surface area contributed by atoms with Crippen molar-refractivity contribution in [3.8, 4) is 11.5 Å². The van der Waals surface area contributed by atoms with Gasteiger partial charge in [-0.1, -0.05) is 13.0 Å². The number of hydrogen-bond acceptors (Lipinski definition) is 7. The van der Waals surface area contributed by atoms with Gasteiger partial charge in [0.15, 0.2) is 0 Å². The highest BCUT2D eigenvalue weighted by Gasteiger charge is 2.30. The second kappa shape index (κ2) is 9.56. The lowest BCUT2D eigenvalue weighted by molar-refractivity contribution is -0.385. The second-order valence-corrected chi connectivity index (χ2v) is 7.17. The molecule has 11 nitrogen and oxygen atoms in total. The Kier molecular flexibility index (Phi) is 6.79.